The molecule has 0 saturated carbocycles. The fourth-order valence-electron chi connectivity index (χ4n) is 2.14. The van der Waals surface area contributed by atoms with Crippen LogP contribution in [0.1, 0.15) is 0 Å². The Morgan fingerprint density at radius 1 is 1.11 bits per heavy atom. The highest BCUT2D eigenvalue weighted by molar-refractivity contribution is 7.80. The van der Waals surface area contributed by atoms with Gasteiger partial charge in [0.15, 0.2) is 5.11 Å². The number of hydrogen-bond acceptors (Lipinski definition) is 6. The Bertz CT molecular complexity index is 913. The molecule has 2 aromatic carbocycles. The molecule has 0 fully saturated rings. The second-order valence-corrected chi connectivity index (χ2v) is 5.77. The minimum absolute atomic E-state index is 0.0992. The van der Waals surface area contributed by atoms with Crippen LogP contribution < -0.4 is 20.9 Å². The van der Waals surface area contributed by atoms with E-state index in [4.69, 9.17) is 17.0 Å². The van der Waals surface area contributed by atoms with E-state index in [9.17, 15) is 4.79 Å². The highest BCUT2D eigenvalue weighted by atomic mass is 32.1. The van der Waals surface area contributed by atoms with Gasteiger partial charge in [0.25, 0.3) is 5.91 Å². The zero-order chi connectivity index (χ0) is 19.1. The number of rotatable bonds is 5. The molecule has 27 heavy (non-hydrogen) atoms. The Hall–Kier alpha value is -3.53. The van der Waals surface area contributed by atoms with Crippen molar-refractivity contribution >= 4 is 28.9 Å². The first-order chi connectivity index (χ1) is 13.1. The molecule has 138 valence electrons. The third kappa shape index (κ3) is 5.22. The SMILES string of the molecule is COc1ccc(NC(=S)NNC(=O)Cn2nnc(-c3ccccc3)n2)cc1. The third-order valence-corrected chi connectivity index (χ3v) is 3.64. The van der Waals surface area contributed by atoms with Crippen molar-refractivity contribution in [3.05, 3.63) is 54.6 Å². The first-order valence-corrected chi connectivity index (χ1v) is 8.38. The summed E-state index contributed by atoms with van der Waals surface area (Å²) in [6, 6.07) is 16.6. The molecule has 0 unspecified atom stereocenters. The number of hydrogen-bond donors (Lipinski definition) is 3. The zero-order valence-corrected chi connectivity index (χ0v) is 15.2. The minimum Gasteiger partial charge on any atom is -0.497 e. The number of anilines is 1. The van der Waals surface area contributed by atoms with Gasteiger partial charge in [-0.05, 0) is 41.7 Å². The summed E-state index contributed by atoms with van der Waals surface area (Å²) >= 11 is 5.13. The quantitative estimate of drug-likeness (QED) is 0.448. The first kappa shape index (κ1) is 18.3. The molecule has 0 bridgehead atoms. The monoisotopic (exact) mass is 383 g/mol. The van der Waals surface area contributed by atoms with Gasteiger partial charge in [-0.3, -0.25) is 15.6 Å². The average molecular weight is 383 g/mol. The molecule has 0 saturated heterocycles. The van der Waals surface area contributed by atoms with E-state index in [0.29, 0.717) is 5.82 Å². The van der Waals surface area contributed by atoms with Crippen molar-refractivity contribution in [3.8, 4) is 17.1 Å². The number of aromatic nitrogens is 4. The number of thiocarbonyl (C=S) groups is 1. The number of carbonyl (C=O) groups excluding carboxylic acids is 1. The van der Waals surface area contributed by atoms with E-state index in [1.165, 1.54) is 4.80 Å². The summed E-state index contributed by atoms with van der Waals surface area (Å²) in [5, 5.41) is 15.2. The molecule has 0 atom stereocenters. The van der Waals surface area contributed by atoms with Gasteiger partial charge >= 0.3 is 0 Å². The van der Waals surface area contributed by atoms with Gasteiger partial charge in [0.2, 0.25) is 5.82 Å². The highest BCUT2D eigenvalue weighted by Crippen LogP contribution is 2.14. The van der Waals surface area contributed by atoms with Crippen molar-refractivity contribution in [2.45, 2.75) is 6.54 Å². The van der Waals surface area contributed by atoms with E-state index in [1.54, 1.807) is 31.4 Å². The van der Waals surface area contributed by atoms with E-state index in [0.717, 1.165) is 17.0 Å². The maximum atomic E-state index is 12.0. The summed E-state index contributed by atoms with van der Waals surface area (Å²) in [7, 11) is 1.59. The number of benzene rings is 2. The Labute approximate surface area is 160 Å². The first-order valence-electron chi connectivity index (χ1n) is 7.97. The van der Waals surface area contributed by atoms with Gasteiger partial charge < -0.3 is 10.1 Å². The fourth-order valence-corrected chi connectivity index (χ4v) is 2.31. The Balaban J connectivity index is 1.46. The van der Waals surface area contributed by atoms with Crippen molar-refractivity contribution in [3.63, 3.8) is 0 Å². The smallest absolute Gasteiger partial charge is 0.262 e. The molecule has 0 spiro atoms. The standard InChI is InChI=1S/C17H17N7O2S/c1-26-14-9-7-13(8-10-14)18-17(27)21-19-15(25)11-24-22-16(20-23-24)12-5-3-2-4-6-12/h2-10H,11H2,1H3,(H,19,25)(H2,18,21,27). The third-order valence-electron chi connectivity index (χ3n) is 3.43. The molecule has 1 heterocycles. The van der Waals surface area contributed by atoms with Crippen molar-refractivity contribution in [1.29, 1.82) is 0 Å². The summed E-state index contributed by atoms with van der Waals surface area (Å²) in [6.07, 6.45) is 0. The lowest BCUT2D eigenvalue weighted by molar-refractivity contribution is -0.122. The molecule has 1 aromatic heterocycles. The molecule has 3 N–H and O–H groups in total. The molecule has 0 radical (unpaired) electrons. The van der Waals surface area contributed by atoms with E-state index < -0.39 is 0 Å². The Morgan fingerprint density at radius 2 is 1.85 bits per heavy atom. The number of nitrogens with one attached hydrogen (secondary N) is 3. The maximum absolute atomic E-state index is 12.0. The average Bonchev–Trinajstić information content (AvgIpc) is 3.16. The van der Waals surface area contributed by atoms with Crippen LogP contribution >= 0.6 is 12.2 Å². The normalized spacial score (nSPS) is 10.1. The molecule has 3 rings (SSSR count). The zero-order valence-electron chi connectivity index (χ0n) is 14.4. The molecular weight excluding hydrogens is 366 g/mol. The number of carbonyl (C=O) groups is 1. The number of methoxy groups -OCH3 is 1. The fraction of sp³-hybridized carbons (Fsp3) is 0.118. The molecule has 0 aliphatic heterocycles. The summed E-state index contributed by atoms with van der Waals surface area (Å²) in [5.41, 5.74) is 6.68. The van der Waals surface area contributed by atoms with E-state index in [-0.39, 0.29) is 17.6 Å². The van der Waals surface area contributed by atoms with Crippen LogP contribution in [-0.2, 0) is 11.3 Å². The Morgan fingerprint density at radius 3 is 2.56 bits per heavy atom. The van der Waals surface area contributed by atoms with E-state index >= 15 is 0 Å². The molecule has 0 aliphatic carbocycles. The Kier molecular flexibility index (Phi) is 5.90. The van der Waals surface area contributed by atoms with Crippen LogP contribution in [0.15, 0.2) is 54.6 Å². The van der Waals surface area contributed by atoms with E-state index in [1.807, 2.05) is 30.3 Å². The molecule has 3 aromatic rings. The minimum atomic E-state index is -0.370. The molecule has 1 amide bonds. The van der Waals surface area contributed by atoms with Crippen molar-refractivity contribution in [2.24, 2.45) is 0 Å². The highest BCUT2D eigenvalue weighted by Gasteiger charge is 2.09. The van der Waals surface area contributed by atoms with Crippen LogP contribution in [0.25, 0.3) is 11.4 Å². The summed E-state index contributed by atoms with van der Waals surface area (Å²) < 4.78 is 5.09. The number of amides is 1. The van der Waals surface area contributed by atoms with Gasteiger partial charge in [-0.25, -0.2) is 0 Å². The number of hydrazine groups is 1. The summed E-state index contributed by atoms with van der Waals surface area (Å²) in [6.45, 7) is -0.0992. The van der Waals surface area contributed by atoms with E-state index in [2.05, 4.69) is 31.6 Å². The van der Waals surface area contributed by atoms with Crippen LogP contribution in [0.4, 0.5) is 5.69 Å². The largest absolute Gasteiger partial charge is 0.497 e. The topological polar surface area (TPSA) is 106 Å². The predicted octanol–water partition coefficient (Wildman–Crippen LogP) is 1.37. The van der Waals surface area contributed by atoms with Crippen LogP contribution in [0, 0.1) is 0 Å². The maximum Gasteiger partial charge on any atom is 0.262 e. The molecule has 0 aliphatic rings. The molecule has 10 heteroatoms. The van der Waals surface area contributed by atoms with Crippen molar-refractivity contribution < 1.29 is 9.53 Å². The lowest BCUT2D eigenvalue weighted by Crippen LogP contribution is -2.45. The van der Waals surface area contributed by atoms with Gasteiger partial charge in [0.05, 0.1) is 7.11 Å². The molecule has 9 nitrogen and oxygen atoms in total. The number of tetrazole rings is 1. The van der Waals surface area contributed by atoms with Gasteiger partial charge in [-0.2, -0.15) is 4.80 Å². The van der Waals surface area contributed by atoms with Crippen molar-refractivity contribution in [2.75, 3.05) is 12.4 Å². The summed E-state index contributed by atoms with van der Waals surface area (Å²) in [5.74, 6) is 0.821. The number of nitrogens with zero attached hydrogens (tertiary/aromatic N) is 4. The van der Waals surface area contributed by atoms with Gasteiger partial charge in [0.1, 0.15) is 12.3 Å². The van der Waals surface area contributed by atoms with Gasteiger partial charge in [0, 0.05) is 11.3 Å². The lowest BCUT2D eigenvalue weighted by atomic mass is 10.2. The van der Waals surface area contributed by atoms with Crippen LogP contribution in [0.3, 0.4) is 0 Å². The van der Waals surface area contributed by atoms with Gasteiger partial charge in [-0.15, -0.1) is 10.2 Å². The number of ether oxygens (including phenoxy) is 1. The van der Waals surface area contributed by atoms with Crippen molar-refractivity contribution in [1.82, 2.24) is 31.1 Å². The van der Waals surface area contributed by atoms with Crippen LogP contribution in [0.2, 0.25) is 0 Å². The van der Waals surface area contributed by atoms with Crippen LogP contribution in [-0.4, -0.2) is 38.3 Å². The predicted molar refractivity (Wildman–Crippen MR) is 104 cm³/mol. The molecular formula is C17H17N7O2S. The summed E-state index contributed by atoms with van der Waals surface area (Å²) in [4.78, 5) is 13.2. The van der Waals surface area contributed by atoms with Gasteiger partial charge in [-0.1, -0.05) is 30.3 Å². The van der Waals surface area contributed by atoms with Crippen LogP contribution in [0.5, 0.6) is 5.75 Å². The second kappa shape index (κ2) is 8.72. The second-order valence-electron chi connectivity index (χ2n) is 5.37. The lowest BCUT2D eigenvalue weighted by Gasteiger charge is -2.11.